The number of H-pyrrole nitrogens is 1. The van der Waals surface area contributed by atoms with Crippen LogP contribution in [0.3, 0.4) is 0 Å². The van der Waals surface area contributed by atoms with Gasteiger partial charge in [-0.05, 0) is 37.2 Å². The summed E-state index contributed by atoms with van der Waals surface area (Å²) in [6.45, 7) is 0.648. The molecule has 1 aliphatic carbocycles. The van der Waals surface area contributed by atoms with Crippen molar-refractivity contribution in [1.82, 2.24) is 29.9 Å². The molecule has 2 atom stereocenters. The van der Waals surface area contributed by atoms with E-state index in [1.165, 1.54) is 23.6 Å². The molecular weight excluding hydrogens is 368 g/mol. The van der Waals surface area contributed by atoms with E-state index in [2.05, 4.69) is 20.4 Å². The van der Waals surface area contributed by atoms with Crippen LogP contribution in [0.4, 0.5) is 0 Å². The minimum absolute atomic E-state index is 0.0966. The smallest absolute Gasteiger partial charge is 0.328 e. The molecule has 1 saturated heterocycles. The van der Waals surface area contributed by atoms with Crippen molar-refractivity contribution in [1.29, 1.82) is 0 Å². The largest absolute Gasteiger partial charge is 0.343 e. The second-order valence-electron chi connectivity index (χ2n) is 7.87. The van der Waals surface area contributed by atoms with Gasteiger partial charge in [0.25, 0.3) is 5.91 Å². The lowest BCUT2D eigenvalue weighted by Gasteiger charge is -2.27. The third-order valence-corrected chi connectivity index (χ3v) is 6.08. The van der Waals surface area contributed by atoms with E-state index in [0.717, 1.165) is 12.0 Å². The number of hydrogen-bond donors (Lipinski definition) is 1. The summed E-state index contributed by atoms with van der Waals surface area (Å²) in [5, 5.41) is 15.0. The molecule has 1 aromatic carbocycles. The maximum absolute atomic E-state index is 13.5. The van der Waals surface area contributed by atoms with Crippen molar-refractivity contribution in [2.24, 2.45) is 18.9 Å². The second kappa shape index (κ2) is 6.95. The molecule has 1 saturated carbocycles. The number of amides is 1. The van der Waals surface area contributed by atoms with Gasteiger partial charge in [0.2, 0.25) is 0 Å². The first-order chi connectivity index (χ1) is 14.1. The van der Waals surface area contributed by atoms with Gasteiger partial charge in [-0.25, -0.2) is 9.89 Å². The highest BCUT2D eigenvalue weighted by atomic mass is 16.2. The maximum Gasteiger partial charge on any atom is 0.343 e. The molecule has 8 heteroatoms. The molecule has 1 N–H and O–H groups in total. The molecule has 0 spiro atoms. The zero-order chi connectivity index (χ0) is 20.0. The molecule has 2 unspecified atom stereocenters. The van der Waals surface area contributed by atoms with Crippen LogP contribution in [0.25, 0.3) is 11.3 Å². The number of carbonyl (C=O) groups is 1. The minimum Gasteiger partial charge on any atom is -0.328 e. The number of rotatable bonds is 4. The Morgan fingerprint density at radius 1 is 1.17 bits per heavy atom. The summed E-state index contributed by atoms with van der Waals surface area (Å²) in [5.74, 6) is 1.46. The Morgan fingerprint density at radius 2 is 1.97 bits per heavy atom. The van der Waals surface area contributed by atoms with Crippen molar-refractivity contribution >= 4 is 5.91 Å². The van der Waals surface area contributed by atoms with E-state index in [1.807, 2.05) is 35.2 Å². The molecule has 2 aliphatic rings. The highest BCUT2D eigenvalue weighted by molar-refractivity contribution is 5.95. The van der Waals surface area contributed by atoms with E-state index in [1.54, 1.807) is 13.1 Å². The average molecular weight is 390 g/mol. The molecule has 5 rings (SSSR count). The molecular formula is C21H22N6O2. The van der Waals surface area contributed by atoms with Crippen molar-refractivity contribution in [3.63, 3.8) is 0 Å². The lowest BCUT2D eigenvalue weighted by Crippen LogP contribution is -2.34. The summed E-state index contributed by atoms with van der Waals surface area (Å²) in [6.07, 6.45) is 4.79. The molecule has 0 bridgehead atoms. The van der Waals surface area contributed by atoms with Crippen LogP contribution >= 0.6 is 0 Å². The number of benzene rings is 1. The maximum atomic E-state index is 13.5. The first kappa shape index (κ1) is 17.8. The van der Waals surface area contributed by atoms with Crippen LogP contribution in [0.5, 0.6) is 0 Å². The summed E-state index contributed by atoms with van der Waals surface area (Å²) in [6, 6.07) is 11.3. The number of aromatic amines is 1. The first-order valence-corrected chi connectivity index (χ1v) is 9.94. The van der Waals surface area contributed by atoms with Crippen LogP contribution in [-0.2, 0) is 7.05 Å². The normalized spacial score (nSPS) is 21.5. The van der Waals surface area contributed by atoms with Crippen molar-refractivity contribution in [3.8, 4) is 11.3 Å². The topological polar surface area (TPSA) is 96.8 Å². The van der Waals surface area contributed by atoms with Crippen LogP contribution in [-0.4, -0.2) is 42.3 Å². The first-order valence-electron chi connectivity index (χ1n) is 9.94. The highest BCUT2D eigenvalue weighted by Gasteiger charge is 2.47. The van der Waals surface area contributed by atoms with Crippen molar-refractivity contribution in [2.75, 3.05) is 6.54 Å². The molecule has 1 amide bonds. The quantitative estimate of drug-likeness (QED) is 0.736. The van der Waals surface area contributed by atoms with Gasteiger partial charge in [-0.3, -0.25) is 9.36 Å². The van der Waals surface area contributed by atoms with E-state index in [0.29, 0.717) is 35.5 Å². The Bertz CT molecular complexity index is 1100. The second-order valence-corrected chi connectivity index (χ2v) is 7.87. The van der Waals surface area contributed by atoms with Gasteiger partial charge < -0.3 is 4.90 Å². The summed E-state index contributed by atoms with van der Waals surface area (Å²) in [7, 11) is 1.70. The number of likely N-dealkylation sites (tertiary alicyclic amines) is 1. The number of hydrogen-bond acceptors (Lipinski definition) is 5. The number of nitrogens with zero attached hydrogens (tertiary/aromatic N) is 5. The molecule has 2 fully saturated rings. The predicted octanol–water partition coefficient (Wildman–Crippen LogP) is 2.18. The van der Waals surface area contributed by atoms with Gasteiger partial charge in [0.15, 0.2) is 5.82 Å². The Morgan fingerprint density at radius 3 is 2.66 bits per heavy atom. The Hall–Kier alpha value is -3.29. The molecule has 3 heterocycles. The molecule has 0 radical (unpaired) electrons. The van der Waals surface area contributed by atoms with E-state index < -0.39 is 0 Å². The van der Waals surface area contributed by atoms with Crippen molar-refractivity contribution in [3.05, 3.63) is 64.5 Å². The molecule has 148 valence electrons. The fourth-order valence-electron chi connectivity index (χ4n) is 4.42. The van der Waals surface area contributed by atoms with Gasteiger partial charge >= 0.3 is 5.69 Å². The summed E-state index contributed by atoms with van der Waals surface area (Å²) < 4.78 is 1.52. The number of nitrogens with one attached hydrogen (secondary N) is 1. The van der Waals surface area contributed by atoms with Gasteiger partial charge in [-0.1, -0.05) is 30.3 Å². The third kappa shape index (κ3) is 3.14. The zero-order valence-electron chi connectivity index (χ0n) is 16.2. The third-order valence-electron chi connectivity index (χ3n) is 6.08. The van der Waals surface area contributed by atoms with Gasteiger partial charge in [0, 0.05) is 19.2 Å². The Balaban J connectivity index is 1.50. The molecule has 1 aliphatic heterocycles. The lowest BCUT2D eigenvalue weighted by molar-refractivity contribution is 0.0701. The van der Waals surface area contributed by atoms with E-state index in [9.17, 15) is 9.59 Å². The fourth-order valence-corrected chi connectivity index (χ4v) is 4.42. The van der Waals surface area contributed by atoms with Gasteiger partial charge in [-0.15, -0.1) is 0 Å². The molecule has 3 aromatic rings. The van der Waals surface area contributed by atoms with Crippen LogP contribution in [0.1, 0.15) is 41.5 Å². The van der Waals surface area contributed by atoms with Crippen molar-refractivity contribution < 1.29 is 4.79 Å². The number of carbonyl (C=O) groups excluding carboxylic acids is 1. The van der Waals surface area contributed by atoms with Crippen molar-refractivity contribution in [2.45, 2.75) is 25.3 Å². The monoisotopic (exact) mass is 390 g/mol. The Labute approximate surface area is 167 Å². The van der Waals surface area contributed by atoms with Crippen LogP contribution in [0.2, 0.25) is 0 Å². The SMILES string of the molecule is Cn1c(C2C(C3CC3)CCN2C(=O)c2cnnc(-c3ccccc3)c2)n[nH]c1=O. The van der Waals surface area contributed by atoms with Crippen LogP contribution < -0.4 is 5.69 Å². The minimum atomic E-state index is -0.259. The van der Waals surface area contributed by atoms with Gasteiger partial charge in [0.1, 0.15) is 0 Å². The van der Waals surface area contributed by atoms with Crippen LogP contribution in [0.15, 0.2) is 47.4 Å². The van der Waals surface area contributed by atoms with E-state index in [-0.39, 0.29) is 17.6 Å². The average Bonchev–Trinajstić information content (AvgIpc) is 3.44. The lowest BCUT2D eigenvalue weighted by atomic mass is 9.94. The summed E-state index contributed by atoms with van der Waals surface area (Å²) in [5.41, 5.74) is 1.82. The zero-order valence-corrected chi connectivity index (χ0v) is 16.2. The van der Waals surface area contributed by atoms with Crippen LogP contribution in [0, 0.1) is 11.8 Å². The highest BCUT2D eigenvalue weighted by Crippen LogP contribution is 2.50. The molecule has 2 aromatic heterocycles. The standard InChI is InChI=1S/C21H22N6O2/c1-26-19(24-25-21(26)29)18-16(13-7-8-13)9-10-27(18)20(28)15-11-17(23-22-12-15)14-5-3-2-4-6-14/h2-6,11-13,16,18H,7-10H2,1H3,(H,25,29). The predicted molar refractivity (Wildman–Crippen MR) is 106 cm³/mol. The summed E-state index contributed by atoms with van der Waals surface area (Å²) >= 11 is 0. The van der Waals surface area contributed by atoms with Gasteiger partial charge in [0.05, 0.1) is 23.5 Å². The summed E-state index contributed by atoms with van der Waals surface area (Å²) in [4.78, 5) is 27.3. The Kier molecular flexibility index (Phi) is 4.26. The van der Waals surface area contributed by atoms with Gasteiger partial charge in [-0.2, -0.15) is 15.3 Å². The molecule has 8 nitrogen and oxygen atoms in total. The van der Waals surface area contributed by atoms with E-state index >= 15 is 0 Å². The fraction of sp³-hybridized carbons (Fsp3) is 0.381. The number of aromatic nitrogens is 5. The van der Waals surface area contributed by atoms with E-state index in [4.69, 9.17) is 0 Å². The molecule has 29 heavy (non-hydrogen) atoms.